The Bertz CT molecular complexity index is 132. The first-order valence-corrected chi connectivity index (χ1v) is 4.09. The van der Waals surface area contributed by atoms with E-state index in [0.717, 1.165) is 19.0 Å². The quantitative estimate of drug-likeness (QED) is 0.612. The Labute approximate surface area is 67.4 Å². The van der Waals surface area contributed by atoms with Gasteiger partial charge in [-0.1, -0.05) is 12.2 Å². The van der Waals surface area contributed by atoms with E-state index >= 15 is 0 Å². The largest absolute Gasteiger partial charge is 0.393 e. The van der Waals surface area contributed by atoms with E-state index in [-0.39, 0.29) is 0 Å². The summed E-state index contributed by atoms with van der Waals surface area (Å²) < 4.78 is 0. The van der Waals surface area contributed by atoms with Crippen LogP contribution in [0.4, 0.5) is 0 Å². The third-order valence-corrected chi connectivity index (χ3v) is 2.09. The average Bonchev–Trinajstić information content (AvgIpc) is 2.63. The molecule has 1 aliphatic rings. The van der Waals surface area contributed by atoms with Crippen LogP contribution in [-0.4, -0.2) is 29.5 Å². The zero-order valence-corrected chi connectivity index (χ0v) is 7.16. The van der Waals surface area contributed by atoms with Crippen molar-refractivity contribution in [3.8, 4) is 0 Å². The van der Waals surface area contributed by atoms with Crippen molar-refractivity contribution in [2.75, 3.05) is 13.6 Å². The summed E-state index contributed by atoms with van der Waals surface area (Å²) in [5.41, 5.74) is 5.37. The molecule has 0 radical (unpaired) electrons. The summed E-state index contributed by atoms with van der Waals surface area (Å²) in [6.07, 6.45) is 3.57. The number of nitrogens with zero attached hydrogens (tertiary/aromatic N) is 1. The lowest BCUT2D eigenvalue weighted by Crippen LogP contribution is -2.25. The van der Waals surface area contributed by atoms with Crippen LogP contribution < -0.4 is 5.73 Å². The summed E-state index contributed by atoms with van der Waals surface area (Å²) in [5.74, 6) is 0. The van der Waals surface area contributed by atoms with Gasteiger partial charge in [0.1, 0.15) is 0 Å². The van der Waals surface area contributed by atoms with Gasteiger partial charge in [-0.05, 0) is 19.9 Å². The van der Waals surface area contributed by atoms with Gasteiger partial charge in [0.15, 0.2) is 0 Å². The van der Waals surface area contributed by atoms with Crippen molar-refractivity contribution in [3.63, 3.8) is 0 Å². The van der Waals surface area contributed by atoms with E-state index in [2.05, 4.69) is 11.9 Å². The SMILES string of the molecule is CN(CCC(N)=S)C1CC1. The molecule has 0 bridgehead atoms. The van der Waals surface area contributed by atoms with Crippen molar-refractivity contribution < 1.29 is 0 Å². The van der Waals surface area contributed by atoms with Gasteiger partial charge >= 0.3 is 0 Å². The lowest BCUT2D eigenvalue weighted by Gasteiger charge is -2.13. The van der Waals surface area contributed by atoms with Gasteiger partial charge in [0.25, 0.3) is 0 Å². The normalized spacial score (nSPS) is 17.8. The predicted octanol–water partition coefficient (Wildman–Crippen LogP) is 0.757. The van der Waals surface area contributed by atoms with Crippen LogP contribution in [0.3, 0.4) is 0 Å². The van der Waals surface area contributed by atoms with Crippen molar-refractivity contribution in [2.24, 2.45) is 5.73 Å². The average molecular weight is 158 g/mol. The molecule has 0 unspecified atom stereocenters. The smallest absolute Gasteiger partial charge is 0.0740 e. The van der Waals surface area contributed by atoms with E-state index in [1.165, 1.54) is 12.8 Å². The maximum absolute atomic E-state index is 5.37. The molecule has 0 atom stereocenters. The fourth-order valence-corrected chi connectivity index (χ4v) is 1.08. The standard InChI is InChI=1S/C7H14N2S/c1-9(6-2-3-6)5-4-7(8)10/h6H,2-5H2,1H3,(H2,8,10). The van der Waals surface area contributed by atoms with E-state index < -0.39 is 0 Å². The molecule has 58 valence electrons. The minimum Gasteiger partial charge on any atom is -0.393 e. The summed E-state index contributed by atoms with van der Waals surface area (Å²) in [6, 6.07) is 0.828. The van der Waals surface area contributed by atoms with Crippen LogP contribution in [0.25, 0.3) is 0 Å². The highest BCUT2D eigenvalue weighted by Crippen LogP contribution is 2.24. The molecule has 0 heterocycles. The monoisotopic (exact) mass is 158 g/mol. The molecule has 1 aliphatic carbocycles. The molecule has 0 aromatic heterocycles. The fourth-order valence-electron chi connectivity index (χ4n) is 0.984. The van der Waals surface area contributed by atoms with Crippen LogP contribution in [0.5, 0.6) is 0 Å². The summed E-state index contributed by atoms with van der Waals surface area (Å²) in [7, 11) is 2.13. The minimum absolute atomic E-state index is 0.632. The lowest BCUT2D eigenvalue weighted by molar-refractivity contribution is 0.334. The Morgan fingerprint density at radius 1 is 1.70 bits per heavy atom. The van der Waals surface area contributed by atoms with Gasteiger partial charge in [-0.15, -0.1) is 0 Å². The molecule has 3 heteroatoms. The van der Waals surface area contributed by atoms with Gasteiger partial charge < -0.3 is 10.6 Å². The van der Waals surface area contributed by atoms with Crippen LogP contribution >= 0.6 is 12.2 Å². The van der Waals surface area contributed by atoms with Crippen molar-refractivity contribution in [2.45, 2.75) is 25.3 Å². The van der Waals surface area contributed by atoms with Crippen LogP contribution in [0.2, 0.25) is 0 Å². The van der Waals surface area contributed by atoms with Crippen molar-refractivity contribution in [1.82, 2.24) is 4.90 Å². The third-order valence-electron chi connectivity index (χ3n) is 1.88. The first-order chi connectivity index (χ1) is 4.70. The summed E-state index contributed by atoms with van der Waals surface area (Å²) in [6.45, 7) is 1.03. The fraction of sp³-hybridized carbons (Fsp3) is 0.857. The van der Waals surface area contributed by atoms with Crippen LogP contribution in [-0.2, 0) is 0 Å². The molecule has 10 heavy (non-hydrogen) atoms. The van der Waals surface area contributed by atoms with E-state index in [4.69, 9.17) is 18.0 Å². The molecular formula is C7H14N2S. The van der Waals surface area contributed by atoms with E-state index in [0.29, 0.717) is 4.99 Å². The minimum atomic E-state index is 0.632. The van der Waals surface area contributed by atoms with Gasteiger partial charge in [0, 0.05) is 19.0 Å². The first kappa shape index (κ1) is 7.95. The number of hydrogen-bond donors (Lipinski definition) is 1. The van der Waals surface area contributed by atoms with Gasteiger partial charge in [0.05, 0.1) is 4.99 Å². The maximum atomic E-state index is 5.37. The van der Waals surface area contributed by atoms with Crippen molar-refractivity contribution >= 4 is 17.2 Å². The van der Waals surface area contributed by atoms with E-state index in [1.54, 1.807) is 0 Å². The molecule has 2 nitrogen and oxygen atoms in total. The van der Waals surface area contributed by atoms with Crippen LogP contribution in [0.1, 0.15) is 19.3 Å². The Morgan fingerprint density at radius 2 is 2.30 bits per heavy atom. The Kier molecular flexibility index (Phi) is 2.63. The summed E-state index contributed by atoms with van der Waals surface area (Å²) >= 11 is 4.77. The van der Waals surface area contributed by atoms with Crippen molar-refractivity contribution in [1.29, 1.82) is 0 Å². The van der Waals surface area contributed by atoms with Gasteiger partial charge in [-0.25, -0.2) is 0 Å². The molecule has 1 rings (SSSR count). The molecule has 0 amide bonds. The number of nitrogens with two attached hydrogens (primary N) is 1. The molecule has 0 saturated heterocycles. The number of thiocarbonyl (C=S) groups is 1. The maximum Gasteiger partial charge on any atom is 0.0740 e. The predicted molar refractivity (Wildman–Crippen MR) is 47.1 cm³/mol. The zero-order chi connectivity index (χ0) is 7.56. The first-order valence-electron chi connectivity index (χ1n) is 3.68. The molecule has 0 aliphatic heterocycles. The topological polar surface area (TPSA) is 29.3 Å². The zero-order valence-electron chi connectivity index (χ0n) is 6.34. The highest BCUT2D eigenvalue weighted by molar-refractivity contribution is 7.80. The Morgan fingerprint density at radius 3 is 2.70 bits per heavy atom. The highest BCUT2D eigenvalue weighted by Gasteiger charge is 2.25. The molecule has 0 aromatic carbocycles. The Hall–Kier alpha value is -0.150. The van der Waals surface area contributed by atoms with Crippen molar-refractivity contribution in [3.05, 3.63) is 0 Å². The second kappa shape index (κ2) is 3.30. The molecule has 1 fully saturated rings. The van der Waals surface area contributed by atoms with Gasteiger partial charge in [-0.3, -0.25) is 0 Å². The van der Waals surface area contributed by atoms with E-state index in [1.807, 2.05) is 0 Å². The van der Waals surface area contributed by atoms with Gasteiger partial charge in [0.2, 0.25) is 0 Å². The Balaban J connectivity index is 2.05. The van der Waals surface area contributed by atoms with Gasteiger partial charge in [-0.2, -0.15) is 0 Å². The van der Waals surface area contributed by atoms with Crippen LogP contribution in [0, 0.1) is 0 Å². The molecule has 1 saturated carbocycles. The summed E-state index contributed by atoms with van der Waals surface area (Å²) in [5, 5.41) is 0. The van der Waals surface area contributed by atoms with E-state index in [9.17, 15) is 0 Å². The molecule has 0 spiro atoms. The lowest BCUT2D eigenvalue weighted by atomic mass is 10.4. The second-order valence-electron chi connectivity index (χ2n) is 2.93. The number of rotatable bonds is 4. The van der Waals surface area contributed by atoms with Crippen LogP contribution in [0.15, 0.2) is 0 Å². The third kappa shape index (κ3) is 2.62. The second-order valence-corrected chi connectivity index (χ2v) is 3.45. The highest BCUT2D eigenvalue weighted by atomic mass is 32.1. The number of hydrogen-bond acceptors (Lipinski definition) is 2. The summed E-state index contributed by atoms with van der Waals surface area (Å²) in [4.78, 5) is 2.96. The molecular weight excluding hydrogens is 144 g/mol. The molecule has 2 N–H and O–H groups in total. The molecule has 0 aromatic rings.